The van der Waals surface area contributed by atoms with Gasteiger partial charge in [-0.25, -0.2) is 4.39 Å². The van der Waals surface area contributed by atoms with Crippen LogP contribution in [0.4, 0.5) is 4.39 Å². The number of aliphatic hydroxyl groups is 2. The van der Waals surface area contributed by atoms with E-state index in [1.165, 1.54) is 29.2 Å². The van der Waals surface area contributed by atoms with Gasteiger partial charge in [0.2, 0.25) is 0 Å². The Labute approximate surface area is 166 Å². The van der Waals surface area contributed by atoms with Crippen LogP contribution in [0.15, 0.2) is 54.1 Å². The highest BCUT2D eigenvalue weighted by atomic mass is 19.1. The highest BCUT2D eigenvalue weighted by Crippen LogP contribution is 2.39. The number of amides is 1. The molecule has 2 aromatic carbocycles. The molecular weight excluding hydrogens is 379 g/mol. The summed E-state index contributed by atoms with van der Waals surface area (Å²) in [6.45, 7) is 0.722. The van der Waals surface area contributed by atoms with Crippen LogP contribution in [0.25, 0.3) is 5.76 Å². The smallest absolute Gasteiger partial charge is 0.295 e. The van der Waals surface area contributed by atoms with Crippen LogP contribution < -0.4 is 5.32 Å². The van der Waals surface area contributed by atoms with Crippen molar-refractivity contribution in [2.45, 2.75) is 6.04 Å². The number of rotatable bonds is 7. The zero-order valence-electron chi connectivity index (χ0n) is 15.5. The molecule has 0 bridgehead atoms. The molecule has 1 saturated heterocycles. The molecule has 1 amide bonds. The molecule has 2 aromatic rings. The summed E-state index contributed by atoms with van der Waals surface area (Å²) in [5.41, 5.74) is 0.525. The third-order valence-electron chi connectivity index (χ3n) is 4.66. The van der Waals surface area contributed by atoms with Gasteiger partial charge in [0.1, 0.15) is 17.3 Å². The molecule has 0 aromatic heterocycles. The highest BCUT2D eigenvalue weighted by Gasteiger charge is 2.45. The number of carbonyl (C=O) groups excluding carboxylic acids is 2. The molecule has 8 heteroatoms. The van der Waals surface area contributed by atoms with Gasteiger partial charge in [-0.1, -0.05) is 12.1 Å². The third-order valence-corrected chi connectivity index (χ3v) is 4.66. The van der Waals surface area contributed by atoms with E-state index in [4.69, 9.17) is 5.11 Å². The maximum Gasteiger partial charge on any atom is 0.295 e. The molecule has 152 valence electrons. The van der Waals surface area contributed by atoms with Gasteiger partial charge in [0, 0.05) is 25.2 Å². The SMILES string of the molecule is O=C1C(=O)N(CCNCCO)C(c2cccc(O)c2)/C1=C(/O)c1ccc(F)cc1. The number of benzene rings is 2. The molecular formula is C21H21FN2O5. The Morgan fingerprint density at radius 3 is 2.48 bits per heavy atom. The van der Waals surface area contributed by atoms with Crippen molar-refractivity contribution in [3.8, 4) is 5.75 Å². The number of hydrogen-bond acceptors (Lipinski definition) is 6. The highest BCUT2D eigenvalue weighted by molar-refractivity contribution is 6.46. The lowest BCUT2D eigenvalue weighted by atomic mass is 9.95. The summed E-state index contributed by atoms with van der Waals surface area (Å²) < 4.78 is 13.2. The number of carbonyl (C=O) groups is 2. The fraction of sp³-hybridized carbons (Fsp3) is 0.238. The summed E-state index contributed by atoms with van der Waals surface area (Å²) in [4.78, 5) is 26.7. The first-order chi connectivity index (χ1) is 13.9. The van der Waals surface area contributed by atoms with Crippen molar-refractivity contribution in [2.24, 2.45) is 0 Å². The lowest BCUT2D eigenvalue weighted by Gasteiger charge is -2.25. The minimum absolute atomic E-state index is 0.0479. The van der Waals surface area contributed by atoms with Gasteiger partial charge in [-0.15, -0.1) is 0 Å². The van der Waals surface area contributed by atoms with Gasteiger partial charge in [0.05, 0.1) is 18.2 Å². The van der Waals surface area contributed by atoms with Crippen LogP contribution in [0, 0.1) is 5.82 Å². The number of ketones is 1. The lowest BCUT2D eigenvalue weighted by Crippen LogP contribution is -2.36. The monoisotopic (exact) mass is 400 g/mol. The standard InChI is InChI=1S/C21H21FN2O5/c22-15-6-4-13(5-7-15)19(27)17-18(14-2-1-3-16(26)12-14)24(21(29)20(17)28)10-8-23-9-11-25/h1-7,12,18,23,25-27H,8-11H2/b19-17-. The second-order valence-electron chi connectivity index (χ2n) is 6.57. The molecule has 0 aliphatic carbocycles. The second kappa shape index (κ2) is 8.85. The van der Waals surface area contributed by atoms with E-state index in [0.29, 0.717) is 18.7 Å². The minimum atomic E-state index is -0.914. The molecule has 1 aliphatic rings. The van der Waals surface area contributed by atoms with Gasteiger partial charge in [0.15, 0.2) is 0 Å². The molecule has 0 radical (unpaired) electrons. The van der Waals surface area contributed by atoms with Crippen LogP contribution in [0.5, 0.6) is 5.75 Å². The van der Waals surface area contributed by atoms with Crippen molar-refractivity contribution < 1.29 is 29.3 Å². The van der Waals surface area contributed by atoms with Crippen LogP contribution in [-0.4, -0.2) is 58.2 Å². The van der Waals surface area contributed by atoms with E-state index >= 15 is 0 Å². The zero-order valence-corrected chi connectivity index (χ0v) is 15.5. The lowest BCUT2D eigenvalue weighted by molar-refractivity contribution is -0.139. The predicted octanol–water partition coefficient (Wildman–Crippen LogP) is 1.53. The first kappa shape index (κ1) is 20.5. The number of phenols is 1. The van der Waals surface area contributed by atoms with E-state index in [1.54, 1.807) is 12.1 Å². The molecule has 29 heavy (non-hydrogen) atoms. The van der Waals surface area contributed by atoms with Crippen LogP contribution >= 0.6 is 0 Å². The normalized spacial score (nSPS) is 18.4. The Morgan fingerprint density at radius 2 is 1.83 bits per heavy atom. The largest absolute Gasteiger partial charge is 0.508 e. The van der Waals surface area contributed by atoms with Crippen molar-refractivity contribution in [2.75, 3.05) is 26.2 Å². The summed E-state index contributed by atoms with van der Waals surface area (Å²) in [7, 11) is 0. The maximum atomic E-state index is 13.2. The minimum Gasteiger partial charge on any atom is -0.508 e. The van der Waals surface area contributed by atoms with Crippen molar-refractivity contribution in [3.05, 3.63) is 71.0 Å². The second-order valence-corrected chi connectivity index (χ2v) is 6.57. The van der Waals surface area contributed by atoms with Crippen LogP contribution in [-0.2, 0) is 9.59 Å². The van der Waals surface area contributed by atoms with E-state index < -0.39 is 29.3 Å². The maximum absolute atomic E-state index is 13.2. The molecule has 1 unspecified atom stereocenters. The molecule has 7 nitrogen and oxygen atoms in total. The van der Waals surface area contributed by atoms with Crippen molar-refractivity contribution >= 4 is 17.4 Å². The molecule has 1 heterocycles. The number of phenolic OH excluding ortho intramolecular Hbond substituents is 1. The number of nitrogens with one attached hydrogen (secondary N) is 1. The van der Waals surface area contributed by atoms with Crippen LogP contribution in [0.2, 0.25) is 0 Å². The van der Waals surface area contributed by atoms with Crippen molar-refractivity contribution in [1.29, 1.82) is 0 Å². The number of aliphatic hydroxyl groups excluding tert-OH is 2. The zero-order chi connectivity index (χ0) is 21.0. The summed E-state index contributed by atoms with van der Waals surface area (Å²) >= 11 is 0. The predicted molar refractivity (Wildman–Crippen MR) is 103 cm³/mol. The van der Waals surface area contributed by atoms with Crippen LogP contribution in [0.3, 0.4) is 0 Å². The van der Waals surface area contributed by atoms with Gasteiger partial charge in [-0.3, -0.25) is 9.59 Å². The summed E-state index contributed by atoms with van der Waals surface area (Å²) in [5.74, 6) is -2.60. The van der Waals surface area contributed by atoms with E-state index in [2.05, 4.69) is 5.32 Å². The number of hydrogen-bond donors (Lipinski definition) is 4. The Morgan fingerprint density at radius 1 is 1.10 bits per heavy atom. The molecule has 1 atom stereocenters. The molecule has 1 aliphatic heterocycles. The van der Waals surface area contributed by atoms with Gasteiger partial charge in [-0.2, -0.15) is 0 Å². The van der Waals surface area contributed by atoms with E-state index in [9.17, 15) is 24.2 Å². The number of halogens is 1. The topological polar surface area (TPSA) is 110 Å². The average molecular weight is 400 g/mol. The Balaban J connectivity index is 2.07. The number of aromatic hydroxyl groups is 1. The summed E-state index contributed by atoms with van der Waals surface area (Å²) in [5, 5.41) is 32.5. The fourth-order valence-corrected chi connectivity index (χ4v) is 3.32. The van der Waals surface area contributed by atoms with Gasteiger partial charge in [-0.05, 0) is 42.0 Å². The Hall–Kier alpha value is -3.23. The van der Waals surface area contributed by atoms with E-state index in [0.717, 1.165) is 12.1 Å². The molecule has 1 fully saturated rings. The summed E-state index contributed by atoms with van der Waals surface area (Å²) in [6.07, 6.45) is 0. The van der Waals surface area contributed by atoms with E-state index in [-0.39, 0.29) is 30.0 Å². The van der Waals surface area contributed by atoms with Crippen molar-refractivity contribution in [1.82, 2.24) is 10.2 Å². The molecule has 4 N–H and O–H groups in total. The van der Waals surface area contributed by atoms with Crippen LogP contribution in [0.1, 0.15) is 17.2 Å². The van der Waals surface area contributed by atoms with Gasteiger partial charge in [0.25, 0.3) is 11.7 Å². The van der Waals surface area contributed by atoms with E-state index in [1.807, 2.05) is 0 Å². The van der Waals surface area contributed by atoms with Gasteiger partial charge >= 0.3 is 0 Å². The summed E-state index contributed by atoms with van der Waals surface area (Å²) in [6, 6.07) is 10.1. The quantitative estimate of drug-likeness (QED) is 0.243. The molecule has 0 saturated carbocycles. The first-order valence-corrected chi connectivity index (χ1v) is 9.09. The first-order valence-electron chi connectivity index (χ1n) is 9.09. The number of likely N-dealkylation sites (tertiary alicyclic amines) is 1. The molecule has 3 rings (SSSR count). The Bertz CT molecular complexity index is 942. The number of Topliss-reactive ketones (excluding diaryl/α,β-unsaturated/α-hetero) is 1. The van der Waals surface area contributed by atoms with Gasteiger partial charge < -0.3 is 25.5 Å². The average Bonchev–Trinajstić information content (AvgIpc) is 2.96. The fourth-order valence-electron chi connectivity index (χ4n) is 3.32. The molecule has 0 spiro atoms. The Kier molecular flexibility index (Phi) is 6.26. The number of nitrogens with zero attached hydrogens (tertiary/aromatic N) is 1. The third kappa shape index (κ3) is 4.28. The van der Waals surface area contributed by atoms with Crippen molar-refractivity contribution in [3.63, 3.8) is 0 Å².